The fourth-order valence-corrected chi connectivity index (χ4v) is 2.31. The molecular formula is C19H21NO5. The van der Waals surface area contributed by atoms with Gasteiger partial charge in [0.25, 0.3) is 5.91 Å². The van der Waals surface area contributed by atoms with Crippen molar-refractivity contribution in [2.24, 2.45) is 0 Å². The number of esters is 1. The number of likely N-dealkylation sites (N-methyl/N-ethyl adjacent to an activating group) is 1. The summed E-state index contributed by atoms with van der Waals surface area (Å²) in [5.74, 6) is -0.314. The van der Waals surface area contributed by atoms with Crippen molar-refractivity contribution in [3.05, 3.63) is 59.7 Å². The van der Waals surface area contributed by atoms with Crippen molar-refractivity contribution in [1.29, 1.82) is 0 Å². The topological polar surface area (TPSA) is 65.1 Å². The molecule has 1 amide bonds. The Morgan fingerprint density at radius 2 is 1.52 bits per heavy atom. The van der Waals surface area contributed by atoms with Crippen molar-refractivity contribution < 1.29 is 23.8 Å². The van der Waals surface area contributed by atoms with E-state index in [9.17, 15) is 9.59 Å². The largest absolute Gasteiger partial charge is 0.496 e. The number of nitrogens with zero attached hydrogens (tertiary/aromatic N) is 1. The molecule has 2 aromatic rings. The van der Waals surface area contributed by atoms with Crippen LogP contribution in [0.5, 0.6) is 11.5 Å². The van der Waals surface area contributed by atoms with Crippen LogP contribution in [0.15, 0.2) is 48.5 Å². The minimum Gasteiger partial charge on any atom is -0.496 e. The maximum Gasteiger partial charge on any atom is 0.346 e. The summed E-state index contributed by atoms with van der Waals surface area (Å²) < 4.78 is 15.5. The Morgan fingerprint density at radius 3 is 2.08 bits per heavy atom. The highest BCUT2D eigenvalue weighted by Crippen LogP contribution is 2.28. The highest BCUT2D eigenvalue weighted by molar-refractivity contribution is 5.96. The second-order valence-electron chi connectivity index (χ2n) is 5.35. The van der Waals surface area contributed by atoms with E-state index in [1.165, 1.54) is 19.1 Å². The predicted octanol–water partition coefficient (Wildman–Crippen LogP) is 2.52. The van der Waals surface area contributed by atoms with Crippen molar-refractivity contribution in [2.75, 3.05) is 27.9 Å². The summed E-state index contributed by atoms with van der Waals surface area (Å²) in [4.78, 5) is 26.0. The van der Waals surface area contributed by atoms with Crippen LogP contribution >= 0.6 is 0 Å². The highest BCUT2D eigenvalue weighted by atomic mass is 16.5. The van der Waals surface area contributed by atoms with Gasteiger partial charge in [-0.1, -0.05) is 36.4 Å². The van der Waals surface area contributed by atoms with Gasteiger partial charge in [-0.15, -0.1) is 0 Å². The van der Waals surface area contributed by atoms with Crippen LogP contribution in [0, 0.1) is 0 Å². The number of amides is 1. The van der Waals surface area contributed by atoms with Gasteiger partial charge in [0.15, 0.2) is 6.61 Å². The molecule has 0 fully saturated rings. The van der Waals surface area contributed by atoms with E-state index >= 15 is 0 Å². The SMILES string of the molecule is COc1cccc(OC)c1C(=O)OCC(=O)N(C)Cc1ccccc1. The number of ether oxygens (including phenoxy) is 3. The third kappa shape index (κ3) is 4.73. The van der Waals surface area contributed by atoms with Gasteiger partial charge in [0.05, 0.1) is 14.2 Å². The first-order valence-corrected chi connectivity index (χ1v) is 7.72. The van der Waals surface area contributed by atoms with Gasteiger partial charge in [0.1, 0.15) is 17.1 Å². The molecule has 0 saturated heterocycles. The van der Waals surface area contributed by atoms with E-state index in [0.717, 1.165) is 5.56 Å². The maximum atomic E-state index is 12.3. The molecule has 0 aliphatic heterocycles. The second-order valence-corrected chi connectivity index (χ2v) is 5.35. The molecule has 0 unspecified atom stereocenters. The number of carbonyl (C=O) groups excluding carboxylic acids is 2. The molecule has 0 spiro atoms. The van der Waals surface area contributed by atoms with Gasteiger partial charge in [-0.05, 0) is 17.7 Å². The smallest absolute Gasteiger partial charge is 0.346 e. The van der Waals surface area contributed by atoms with Gasteiger partial charge in [0, 0.05) is 13.6 Å². The zero-order valence-electron chi connectivity index (χ0n) is 14.5. The van der Waals surface area contributed by atoms with E-state index < -0.39 is 5.97 Å². The van der Waals surface area contributed by atoms with E-state index in [2.05, 4.69) is 0 Å². The zero-order chi connectivity index (χ0) is 18.2. The van der Waals surface area contributed by atoms with E-state index in [1.807, 2.05) is 30.3 Å². The molecule has 2 rings (SSSR count). The van der Waals surface area contributed by atoms with Crippen LogP contribution in [0.3, 0.4) is 0 Å². The summed E-state index contributed by atoms with van der Waals surface area (Å²) in [6.07, 6.45) is 0. The van der Waals surface area contributed by atoms with Crippen LogP contribution in [0.4, 0.5) is 0 Å². The highest BCUT2D eigenvalue weighted by Gasteiger charge is 2.21. The molecule has 0 aliphatic rings. The molecular weight excluding hydrogens is 322 g/mol. The normalized spacial score (nSPS) is 10.0. The van der Waals surface area contributed by atoms with Crippen molar-refractivity contribution in [1.82, 2.24) is 4.90 Å². The Hall–Kier alpha value is -3.02. The summed E-state index contributed by atoms with van der Waals surface area (Å²) in [6, 6.07) is 14.5. The molecule has 6 heteroatoms. The lowest BCUT2D eigenvalue weighted by molar-refractivity contribution is -0.133. The first-order valence-electron chi connectivity index (χ1n) is 7.72. The Bertz CT molecular complexity index is 708. The minimum atomic E-state index is -0.671. The van der Waals surface area contributed by atoms with Crippen LogP contribution in [-0.2, 0) is 16.1 Å². The monoisotopic (exact) mass is 343 g/mol. The van der Waals surface area contributed by atoms with Gasteiger partial charge in [-0.25, -0.2) is 4.79 Å². The lowest BCUT2D eigenvalue weighted by atomic mass is 10.2. The van der Waals surface area contributed by atoms with Gasteiger partial charge < -0.3 is 19.1 Å². The summed E-state index contributed by atoms with van der Waals surface area (Å²) in [7, 11) is 4.56. The van der Waals surface area contributed by atoms with Crippen molar-refractivity contribution >= 4 is 11.9 Å². The zero-order valence-corrected chi connectivity index (χ0v) is 14.5. The third-order valence-corrected chi connectivity index (χ3v) is 3.65. The molecule has 6 nitrogen and oxygen atoms in total. The maximum absolute atomic E-state index is 12.3. The first-order chi connectivity index (χ1) is 12.1. The molecule has 0 radical (unpaired) electrons. The van der Waals surface area contributed by atoms with Gasteiger partial charge in [-0.3, -0.25) is 4.79 Å². The van der Waals surface area contributed by atoms with Crippen LogP contribution in [0.2, 0.25) is 0 Å². The summed E-state index contributed by atoms with van der Waals surface area (Å²) in [6.45, 7) is 0.0819. The number of carbonyl (C=O) groups is 2. The molecule has 0 saturated carbocycles. The van der Waals surface area contributed by atoms with Crippen molar-refractivity contribution in [3.63, 3.8) is 0 Å². The quantitative estimate of drug-likeness (QED) is 0.723. The molecule has 0 aromatic heterocycles. The molecule has 0 N–H and O–H groups in total. The van der Waals surface area contributed by atoms with Gasteiger partial charge in [0.2, 0.25) is 0 Å². The van der Waals surface area contributed by atoms with Crippen molar-refractivity contribution in [2.45, 2.75) is 6.54 Å². The molecule has 0 heterocycles. The summed E-state index contributed by atoms with van der Waals surface area (Å²) >= 11 is 0. The van der Waals surface area contributed by atoms with E-state index in [0.29, 0.717) is 18.0 Å². The second kappa shape index (κ2) is 8.73. The van der Waals surface area contributed by atoms with E-state index in [4.69, 9.17) is 14.2 Å². The van der Waals surface area contributed by atoms with Gasteiger partial charge in [-0.2, -0.15) is 0 Å². The average molecular weight is 343 g/mol. The Morgan fingerprint density at radius 1 is 0.920 bits per heavy atom. The summed E-state index contributed by atoms with van der Waals surface area (Å²) in [5, 5.41) is 0. The standard InChI is InChI=1S/C19H21NO5/c1-20(12-14-8-5-4-6-9-14)17(21)13-25-19(22)18-15(23-2)10-7-11-16(18)24-3/h4-11H,12-13H2,1-3H3. The number of rotatable bonds is 7. The minimum absolute atomic E-state index is 0.158. The number of methoxy groups -OCH3 is 2. The van der Waals surface area contributed by atoms with Crippen LogP contribution in [-0.4, -0.2) is 44.7 Å². The van der Waals surface area contributed by atoms with Gasteiger partial charge >= 0.3 is 5.97 Å². The molecule has 0 atom stereocenters. The molecule has 0 bridgehead atoms. The number of hydrogen-bond acceptors (Lipinski definition) is 5. The predicted molar refractivity (Wildman–Crippen MR) is 92.7 cm³/mol. The fraction of sp³-hybridized carbons (Fsp3) is 0.263. The molecule has 0 aliphatic carbocycles. The lowest BCUT2D eigenvalue weighted by Gasteiger charge is -2.18. The molecule has 25 heavy (non-hydrogen) atoms. The van der Waals surface area contributed by atoms with Crippen LogP contribution < -0.4 is 9.47 Å². The fourth-order valence-electron chi connectivity index (χ4n) is 2.31. The third-order valence-electron chi connectivity index (χ3n) is 3.65. The lowest BCUT2D eigenvalue weighted by Crippen LogP contribution is -2.30. The van der Waals surface area contributed by atoms with E-state index in [1.54, 1.807) is 25.2 Å². The van der Waals surface area contributed by atoms with Crippen molar-refractivity contribution in [3.8, 4) is 11.5 Å². The van der Waals surface area contributed by atoms with E-state index in [-0.39, 0.29) is 18.1 Å². The Balaban J connectivity index is 1.99. The average Bonchev–Trinajstić information content (AvgIpc) is 2.65. The van der Waals surface area contributed by atoms with Crippen LogP contribution in [0.25, 0.3) is 0 Å². The molecule has 2 aromatic carbocycles. The molecule has 132 valence electrons. The summed E-state index contributed by atoms with van der Waals surface area (Å²) in [5.41, 5.74) is 1.15. The Labute approximate surface area is 146 Å². The van der Waals surface area contributed by atoms with Crippen LogP contribution in [0.1, 0.15) is 15.9 Å². The Kier molecular flexibility index (Phi) is 6.39. The number of hydrogen-bond donors (Lipinski definition) is 0. The first kappa shape index (κ1) is 18.3. The number of benzene rings is 2.